The number of amides is 1. The fourth-order valence-corrected chi connectivity index (χ4v) is 3.28. The predicted octanol–water partition coefficient (Wildman–Crippen LogP) is 1.27. The van der Waals surface area contributed by atoms with Crippen molar-refractivity contribution >= 4 is 5.91 Å². The van der Waals surface area contributed by atoms with E-state index in [9.17, 15) is 4.79 Å². The minimum absolute atomic E-state index is 0.0581. The summed E-state index contributed by atoms with van der Waals surface area (Å²) < 4.78 is 1.56. The van der Waals surface area contributed by atoms with E-state index >= 15 is 0 Å². The lowest BCUT2D eigenvalue weighted by atomic mass is 9.96. The summed E-state index contributed by atoms with van der Waals surface area (Å²) in [6, 6.07) is 4.40. The van der Waals surface area contributed by atoms with Gasteiger partial charge in [-0.2, -0.15) is 5.10 Å². The standard InChI is InChI=1S/C17H22N6O/c24-17(14-1-4-16(19-10-14)23-12-18-11-21-23)20-9-13-5-7-22(8-6-13)15-2-3-15/h1,4,10-13,15H,2-3,5-9H2,(H,20,24). The van der Waals surface area contributed by atoms with Crippen molar-refractivity contribution in [1.82, 2.24) is 30.0 Å². The van der Waals surface area contributed by atoms with Crippen LogP contribution < -0.4 is 5.32 Å². The van der Waals surface area contributed by atoms with Gasteiger partial charge in [-0.15, -0.1) is 0 Å². The second-order valence-corrected chi connectivity index (χ2v) is 6.67. The zero-order chi connectivity index (χ0) is 16.4. The Hall–Kier alpha value is -2.28. The lowest BCUT2D eigenvalue weighted by Crippen LogP contribution is -2.39. The molecule has 2 aromatic heterocycles. The molecule has 2 fully saturated rings. The van der Waals surface area contributed by atoms with Gasteiger partial charge in [0.25, 0.3) is 5.91 Å². The van der Waals surface area contributed by atoms with Gasteiger partial charge < -0.3 is 10.2 Å². The topological polar surface area (TPSA) is 75.9 Å². The number of pyridine rings is 1. The van der Waals surface area contributed by atoms with E-state index in [0.29, 0.717) is 17.3 Å². The monoisotopic (exact) mass is 326 g/mol. The fourth-order valence-electron chi connectivity index (χ4n) is 3.28. The first kappa shape index (κ1) is 15.3. The Labute approximate surface area is 141 Å². The smallest absolute Gasteiger partial charge is 0.252 e. The maximum absolute atomic E-state index is 12.3. The summed E-state index contributed by atoms with van der Waals surface area (Å²) >= 11 is 0. The SMILES string of the molecule is O=C(NCC1CCN(C2CC2)CC1)c1ccc(-n2cncn2)nc1. The van der Waals surface area contributed by atoms with Gasteiger partial charge in [0.2, 0.25) is 0 Å². The molecule has 0 bridgehead atoms. The summed E-state index contributed by atoms with van der Waals surface area (Å²) in [5, 5.41) is 7.07. The highest BCUT2D eigenvalue weighted by Crippen LogP contribution is 2.30. The van der Waals surface area contributed by atoms with Crippen molar-refractivity contribution in [1.29, 1.82) is 0 Å². The van der Waals surface area contributed by atoms with E-state index in [2.05, 4.69) is 25.3 Å². The minimum atomic E-state index is -0.0581. The van der Waals surface area contributed by atoms with E-state index in [4.69, 9.17) is 0 Å². The van der Waals surface area contributed by atoms with Crippen LogP contribution in [0.2, 0.25) is 0 Å². The summed E-state index contributed by atoms with van der Waals surface area (Å²) in [6.07, 6.45) is 9.73. The van der Waals surface area contributed by atoms with Crippen molar-refractivity contribution in [2.24, 2.45) is 5.92 Å². The van der Waals surface area contributed by atoms with Crippen molar-refractivity contribution in [2.45, 2.75) is 31.7 Å². The Morgan fingerprint density at radius 2 is 2.04 bits per heavy atom. The molecule has 1 N–H and O–H groups in total. The number of carbonyl (C=O) groups is 1. The molecule has 3 heterocycles. The van der Waals surface area contributed by atoms with Gasteiger partial charge in [-0.1, -0.05) is 0 Å². The fraction of sp³-hybridized carbons (Fsp3) is 0.529. The molecule has 0 unspecified atom stereocenters. The molecule has 24 heavy (non-hydrogen) atoms. The van der Waals surface area contributed by atoms with E-state index in [0.717, 1.165) is 12.6 Å². The number of piperidine rings is 1. The molecule has 126 valence electrons. The molecule has 0 radical (unpaired) electrons. The minimum Gasteiger partial charge on any atom is -0.352 e. The highest BCUT2D eigenvalue weighted by molar-refractivity contribution is 5.93. The van der Waals surface area contributed by atoms with Gasteiger partial charge >= 0.3 is 0 Å². The van der Waals surface area contributed by atoms with Crippen LogP contribution in [0.4, 0.5) is 0 Å². The third-order valence-corrected chi connectivity index (χ3v) is 4.93. The van der Waals surface area contributed by atoms with Gasteiger partial charge in [0.1, 0.15) is 12.7 Å². The second kappa shape index (κ2) is 6.68. The van der Waals surface area contributed by atoms with Gasteiger partial charge in [-0.3, -0.25) is 4.79 Å². The lowest BCUT2D eigenvalue weighted by Gasteiger charge is -2.32. The maximum atomic E-state index is 12.3. The molecule has 0 spiro atoms. The molecule has 2 aliphatic rings. The average molecular weight is 326 g/mol. The van der Waals surface area contributed by atoms with Gasteiger partial charge in [0, 0.05) is 18.8 Å². The van der Waals surface area contributed by atoms with E-state index in [1.807, 2.05) is 0 Å². The Morgan fingerprint density at radius 1 is 1.21 bits per heavy atom. The highest BCUT2D eigenvalue weighted by atomic mass is 16.1. The van der Waals surface area contributed by atoms with Crippen LogP contribution in [-0.4, -0.2) is 56.2 Å². The number of carbonyl (C=O) groups excluding carboxylic acids is 1. The van der Waals surface area contributed by atoms with Crippen molar-refractivity contribution in [2.75, 3.05) is 19.6 Å². The maximum Gasteiger partial charge on any atom is 0.252 e. The Kier molecular flexibility index (Phi) is 4.25. The number of likely N-dealkylation sites (tertiary alicyclic amines) is 1. The third kappa shape index (κ3) is 3.46. The predicted molar refractivity (Wildman–Crippen MR) is 88.8 cm³/mol. The molecule has 1 saturated carbocycles. The van der Waals surface area contributed by atoms with E-state index in [1.165, 1.54) is 45.1 Å². The van der Waals surface area contributed by atoms with Crippen molar-refractivity contribution in [3.05, 3.63) is 36.5 Å². The van der Waals surface area contributed by atoms with Crippen molar-refractivity contribution in [3.8, 4) is 5.82 Å². The number of hydrogen-bond acceptors (Lipinski definition) is 5. The molecule has 1 saturated heterocycles. The van der Waals surface area contributed by atoms with Crippen LogP contribution in [0, 0.1) is 5.92 Å². The molecule has 7 heteroatoms. The first-order valence-corrected chi connectivity index (χ1v) is 8.63. The molecule has 1 amide bonds. The average Bonchev–Trinajstić information content (AvgIpc) is 3.34. The molecule has 4 rings (SSSR count). The first-order valence-electron chi connectivity index (χ1n) is 8.63. The molecular weight excluding hydrogens is 304 g/mol. The van der Waals surface area contributed by atoms with Gasteiger partial charge in [-0.05, 0) is 56.8 Å². The molecule has 7 nitrogen and oxygen atoms in total. The molecule has 0 aromatic carbocycles. The zero-order valence-corrected chi connectivity index (χ0v) is 13.6. The van der Waals surface area contributed by atoms with Gasteiger partial charge in [0.05, 0.1) is 5.56 Å². The highest BCUT2D eigenvalue weighted by Gasteiger charge is 2.31. The summed E-state index contributed by atoms with van der Waals surface area (Å²) in [5.41, 5.74) is 0.578. The van der Waals surface area contributed by atoms with Crippen LogP contribution in [0.5, 0.6) is 0 Å². The lowest BCUT2D eigenvalue weighted by molar-refractivity contribution is 0.0934. The van der Waals surface area contributed by atoms with E-state index in [-0.39, 0.29) is 5.91 Å². The second-order valence-electron chi connectivity index (χ2n) is 6.67. The molecule has 0 atom stereocenters. The van der Waals surface area contributed by atoms with Crippen molar-refractivity contribution < 1.29 is 4.79 Å². The number of nitrogens with one attached hydrogen (secondary N) is 1. The summed E-state index contributed by atoms with van der Waals surface area (Å²) in [4.78, 5) is 23.0. The summed E-state index contributed by atoms with van der Waals surface area (Å²) in [6.45, 7) is 3.11. The van der Waals surface area contributed by atoms with Crippen LogP contribution in [0.15, 0.2) is 31.0 Å². The van der Waals surface area contributed by atoms with Crippen LogP contribution in [-0.2, 0) is 0 Å². The molecule has 1 aliphatic carbocycles. The zero-order valence-electron chi connectivity index (χ0n) is 13.6. The number of aromatic nitrogens is 4. The Balaban J connectivity index is 1.27. The Bertz CT molecular complexity index is 672. The van der Waals surface area contributed by atoms with E-state index in [1.54, 1.807) is 29.3 Å². The van der Waals surface area contributed by atoms with Gasteiger partial charge in [0.15, 0.2) is 5.82 Å². The summed E-state index contributed by atoms with van der Waals surface area (Å²) in [5.74, 6) is 1.18. The van der Waals surface area contributed by atoms with Crippen LogP contribution in [0.3, 0.4) is 0 Å². The van der Waals surface area contributed by atoms with Crippen molar-refractivity contribution in [3.63, 3.8) is 0 Å². The number of rotatable bonds is 5. The van der Waals surface area contributed by atoms with Crippen LogP contribution >= 0.6 is 0 Å². The van der Waals surface area contributed by atoms with Gasteiger partial charge in [-0.25, -0.2) is 14.6 Å². The Morgan fingerprint density at radius 3 is 2.67 bits per heavy atom. The van der Waals surface area contributed by atoms with Crippen LogP contribution in [0.25, 0.3) is 5.82 Å². The van der Waals surface area contributed by atoms with E-state index < -0.39 is 0 Å². The molecule has 2 aromatic rings. The largest absolute Gasteiger partial charge is 0.352 e. The molecular formula is C17H22N6O. The quantitative estimate of drug-likeness (QED) is 0.895. The number of nitrogens with zero attached hydrogens (tertiary/aromatic N) is 5. The first-order chi connectivity index (χ1) is 11.8. The third-order valence-electron chi connectivity index (χ3n) is 4.93. The summed E-state index contributed by atoms with van der Waals surface area (Å²) in [7, 11) is 0. The normalized spacial score (nSPS) is 19.3. The van der Waals surface area contributed by atoms with Crippen LogP contribution in [0.1, 0.15) is 36.0 Å². The molecule has 1 aliphatic heterocycles. The number of hydrogen-bond donors (Lipinski definition) is 1.